The van der Waals surface area contributed by atoms with Gasteiger partial charge in [-0.15, -0.1) is 24.0 Å². The van der Waals surface area contributed by atoms with Crippen molar-refractivity contribution in [3.63, 3.8) is 0 Å². The molecule has 1 saturated carbocycles. The van der Waals surface area contributed by atoms with Crippen LogP contribution in [-0.4, -0.2) is 76.1 Å². The minimum atomic E-state index is 0. The van der Waals surface area contributed by atoms with Crippen LogP contribution in [0.25, 0.3) is 0 Å². The largest absolute Gasteiger partial charge is 0.383 e. The van der Waals surface area contributed by atoms with Crippen LogP contribution in [0.4, 0.5) is 0 Å². The zero-order valence-electron chi connectivity index (χ0n) is 14.6. The molecular weight excluding hydrogens is 407 g/mol. The molecule has 136 valence electrons. The maximum absolute atomic E-state index is 5.62. The molecule has 23 heavy (non-hydrogen) atoms. The lowest BCUT2D eigenvalue weighted by atomic mass is 10.2. The van der Waals surface area contributed by atoms with Crippen molar-refractivity contribution in [1.29, 1.82) is 0 Å². The number of methoxy groups -OCH3 is 1. The second-order valence-electron chi connectivity index (χ2n) is 6.04. The molecule has 0 bridgehead atoms. The van der Waals surface area contributed by atoms with Crippen LogP contribution in [0.15, 0.2) is 4.99 Å². The Morgan fingerprint density at radius 2 is 2.09 bits per heavy atom. The van der Waals surface area contributed by atoms with Crippen LogP contribution in [0, 0.1) is 0 Å². The number of nitrogens with zero attached hydrogens (tertiary/aromatic N) is 2. The van der Waals surface area contributed by atoms with Gasteiger partial charge in [-0.25, -0.2) is 0 Å². The first-order valence-corrected chi connectivity index (χ1v) is 8.70. The fourth-order valence-electron chi connectivity index (χ4n) is 2.77. The highest BCUT2D eigenvalue weighted by Gasteiger charge is 2.28. The third-order valence-electron chi connectivity index (χ3n) is 4.16. The van der Waals surface area contributed by atoms with Crippen LogP contribution in [0.5, 0.6) is 0 Å². The van der Waals surface area contributed by atoms with Gasteiger partial charge in [0.1, 0.15) is 0 Å². The molecular formula is C16H33IN4O2. The van der Waals surface area contributed by atoms with E-state index in [9.17, 15) is 0 Å². The lowest BCUT2D eigenvalue weighted by Crippen LogP contribution is -2.43. The average molecular weight is 440 g/mol. The number of guanidine groups is 1. The van der Waals surface area contributed by atoms with E-state index in [1.165, 1.54) is 19.3 Å². The van der Waals surface area contributed by atoms with Crippen molar-refractivity contribution in [2.45, 2.75) is 44.8 Å². The van der Waals surface area contributed by atoms with E-state index in [-0.39, 0.29) is 24.0 Å². The molecule has 0 aromatic heterocycles. The molecule has 2 rings (SSSR count). The summed E-state index contributed by atoms with van der Waals surface area (Å²) >= 11 is 0. The summed E-state index contributed by atoms with van der Waals surface area (Å²) in [5, 5.41) is 6.74. The molecule has 1 aliphatic heterocycles. The molecule has 1 aliphatic carbocycles. The summed E-state index contributed by atoms with van der Waals surface area (Å²) in [6.45, 7) is 8.41. The van der Waals surface area contributed by atoms with Crippen molar-refractivity contribution in [2.75, 3.05) is 53.0 Å². The summed E-state index contributed by atoms with van der Waals surface area (Å²) in [6.07, 6.45) is 5.27. The molecule has 1 atom stereocenters. The number of aliphatic imine (C=N–C) groups is 1. The zero-order chi connectivity index (χ0) is 15.6. The van der Waals surface area contributed by atoms with Gasteiger partial charge in [0.2, 0.25) is 0 Å². The van der Waals surface area contributed by atoms with E-state index in [0.717, 1.165) is 64.4 Å². The predicted octanol–water partition coefficient (Wildman–Crippen LogP) is 1.45. The van der Waals surface area contributed by atoms with Crippen LogP contribution < -0.4 is 10.6 Å². The minimum absolute atomic E-state index is 0. The van der Waals surface area contributed by atoms with E-state index in [1.807, 2.05) is 0 Å². The first-order chi connectivity index (χ1) is 10.8. The van der Waals surface area contributed by atoms with Gasteiger partial charge in [0.05, 0.1) is 19.3 Å². The smallest absolute Gasteiger partial charge is 0.191 e. The number of halogens is 1. The molecule has 0 aromatic rings. The summed E-state index contributed by atoms with van der Waals surface area (Å²) in [6, 6.07) is 0.767. The predicted molar refractivity (Wildman–Crippen MR) is 105 cm³/mol. The Balaban J connectivity index is 0.00000264. The molecule has 0 spiro atoms. The highest BCUT2D eigenvalue weighted by Crippen LogP contribution is 2.25. The molecule has 1 unspecified atom stereocenters. The fraction of sp³-hybridized carbons (Fsp3) is 0.938. The van der Waals surface area contributed by atoms with E-state index < -0.39 is 0 Å². The number of nitrogens with one attached hydrogen (secondary N) is 2. The van der Waals surface area contributed by atoms with Crippen LogP contribution in [-0.2, 0) is 9.47 Å². The van der Waals surface area contributed by atoms with Crippen molar-refractivity contribution in [3.05, 3.63) is 0 Å². The van der Waals surface area contributed by atoms with Crippen molar-refractivity contribution < 1.29 is 9.47 Å². The first kappa shape index (κ1) is 20.9. The van der Waals surface area contributed by atoms with Crippen molar-refractivity contribution in [2.24, 2.45) is 4.99 Å². The molecule has 0 radical (unpaired) electrons. The number of hydrogen-bond donors (Lipinski definition) is 2. The summed E-state index contributed by atoms with van der Waals surface area (Å²) < 4.78 is 10.8. The maximum Gasteiger partial charge on any atom is 0.191 e. The van der Waals surface area contributed by atoms with Gasteiger partial charge in [-0.05, 0) is 32.6 Å². The normalized spacial score (nSPS) is 21.3. The molecule has 6 nitrogen and oxygen atoms in total. The molecule has 2 aliphatic rings. The van der Waals surface area contributed by atoms with Gasteiger partial charge in [-0.1, -0.05) is 0 Å². The Morgan fingerprint density at radius 3 is 2.70 bits per heavy atom. The van der Waals surface area contributed by atoms with Crippen LogP contribution >= 0.6 is 24.0 Å². The lowest BCUT2D eigenvalue weighted by Gasteiger charge is -2.22. The van der Waals surface area contributed by atoms with Gasteiger partial charge in [0, 0.05) is 45.9 Å². The van der Waals surface area contributed by atoms with Crippen LogP contribution in [0.2, 0.25) is 0 Å². The number of rotatable bonds is 10. The maximum atomic E-state index is 5.62. The Morgan fingerprint density at radius 1 is 1.26 bits per heavy atom. The summed E-state index contributed by atoms with van der Waals surface area (Å²) in [4.78, 5) is 7.16. The third kappa shape index (κ3) is 8.51. The topological polar surface area (TPSA) is 58.1 Å². The molecule has 0 aromatic carbocycles. The van der Waals surface area contributed by atoms with Gasteiger partial charge in [-0.2, -0.15) is 0 Å². The van der Waals surface area contributed by atoms with Crippen LogP contribution in [0.1, 0.15) is 32.6 Å². The summed E-state index contributed by atoms with van der Waals surface area (Å²) in [5.74, 6) is 0.903. The number of ether oxygens (including phenoxy) is 2. The average Bonchev–Trinajstić information content (AvgIpc) is 3.24. The van der Waals surface area contributed by atoms with E-state index in [4.69, 9.17) is 9.47 Å². The Labute approximate surface area is 157 Å². The number of hydrogen-bond acceptors (Lipinski definition) is 4. The van der Waals surface area contributed by atoms with Crippen LogP contribution in [0.3, 0.4) is 0 Å². The molecule has 7 heteroatoms. The van der Waals surface area contributed by atoms with E-state index >= 15 is 0 Å². The van der Waals surface area contributed by atoms with Gasteiger partial charge >= 0.3 is 0 Å². The lowest BCUT2D eigenvalue weighted by molar-refractivity contribution is 0.117. The minimum Gasteiger partial charge on any atom is -0.383 e. The standard InChI is InChI=1S/C16H32N4O2.HI/c1-3-17-16(19-13-15-5-4-11-22-15)18-8-9-20(10-12-21-2)14-6-7-14;/h14-15H,3-13H2,1-2H3,(H2,17,18,19);1H. The Hall–Kier alpha value is -0.120. The van der Waals surface area contributed by atoms with Gasteiger partial charge in [0.25, 0.3) is 0 Å². The summed E-state index contributed by atoms with van der Waals surface area (Å²) in [5.41, 5.74) is 0. The SMILES string of the molecule is CCNC(=NCC1CCCO1)NCCN(CCOC)C1CC1.I. The fourth-order valence-corrected chi connectivity index (χ4v) is 2.77. The molecule has 1 saturated heterocycles. The highest BCUT2D eigenvalue weighted by atomic mass is 127. The van der Waals surface area contributed by atoms with Gasteiger partial charge in [-0.3, -0.25) is 9.89 Å². The second kappa shape index (κ2) is 12.3. The molecule has 0 amide bonds. The quantitative estimate of drug-likeness (QED) is 0.306. The summed E-state index contributed by atoms with van der Waals surface area (Å²) in [7, 11) is 1.77. The van der Waals surface area contributed by atoms with E-state index in [1.54, 1.807) is 7.11 Å². The van der Waals surface area contributed by atoms with Crippen molar-refractivity contribution in [3.8, 4) is 0 Å². The molecule has 2 N–H and O–H groups in total. The monoisotopic (exact) mass is 440 g/mol. The van der Waals surface area contributed by atoms with Crippen molar-refractivity contribution in [1.82, 2.24) is 15.5 Å². The Bertz CT molecular complexity index is 334. The Kier molecular flexibility index (Phi) is 11.2. The second-order valence-corrected chi connectivity index (χ2v) is 6.04. The van der Waals surface area contributed by atoms with E-state index in [0.29, 0.717) is 6.10 Å². The molecule has 2 fully saturated rings. The third-order valence-corrected chi connectivity index (χ3v) is 4.16. The van der Waals surface area contributed by atoms with Gasteiger partial charge < -0.3 is 20.1 Å². The first-order valence-electron chi connectivity index (χ1n) is 8.70. The highest BCUT2D eigenvalue weighted by molar-refractivity contribution is 14.0. The van der Waals surface area contributed by atoms with Crippen molar-refractivity contribution >= 4 is 29.9 Å². The zero-order valence-corrected chi connectivity index (χ0v) is 16.9. The van der Waals surface area contributed by atoms with E-state index in [2.05, 4.69) is 27.4 Å². The van der Waals surface area contributed by atoms with Gasteiger partial charge in [0.15, 0.2) is 5.96 Å². The molecule has 1 heterocycles.